The summed E-state index contributed by atoms with van der Waals surface area (Å²) in [6.07, 6.45) is 6.26. The van der Waals surface area contributed by atoms with Crippen molar-refractivity contribution in [2.45, 2.75) is 50.7 Å². The fourth-order valence-electron chi connectivity index (χ4n) is 4.55. The Morgan fingerprint density at radius 3 is 2.68 bits per heavy atom. The van der Waals surface area contributed by atoms with E-state index in [1.807, 2.05) is 24.3 Å². The summed E-state index contributed by atoms with van der Waals surface area (Å²) < 4.78 is 16.7. The number of carbonyl (C=O) groups excluding carboxylic acids is 2. The summed E-state index contributed by atoms with van der Waals surface area (Å²) in [6, 6.07) is 12.1. The SMILES string of the molecule is O=C(Nc1cccc(OC2CCCC2)c1)[C@H]1CCCN1C(=O)c1ccc2c(c1)OCO2. The average Bonchev–Trinajstić information content (AvgIpc) is 3.54. The summed E-state index contributed by atoms with van der Waals surface area (Å²) in [5.74, 6) is 1.61. The highest BCUT2D eigenvalue weighted by Crippen LogP contribution is 2.33. The zero-order chi connectivity index (χ0) is 21.2. The molecule has 0 spiro atoms. The Kier molecular flexibility index (Phi) is 5.40. The molecule has 0 unspecified atom stereocenters. The summed E-state index contributed by atoms with van der Waals surface area (Å²) in [4.78, 5) is 27.7. The van der Waals surface area contributed by atoms with Crippen LogP contribution in [0.5, 0.6) is 17.2 Å². The number of likely N-dealkylation sites (tertiary alicyclic amines) is 1. The summed E-state index contributed by atoms with van der Waals surface area (Å²) in [5, 5.41) is 2.97. The molecule has 3 aliphatic rings. The summed E-state index contributed by atoms with van der Waals surface area (Å²) in [7, 11) is 0. The van der Waals surface area contributed by atoms with E-state index in [-0.39, 0.29) is 24.7 Å². The van der Waals surface area contributed by atoms with Gasteiger partial charge in [-0.2, -0.15) is 0 Å². The van der Waals surface area contributed by atoms with Crippen LogP contribution in [-0.2, 0) is 4.79 Å². The molecular formula is C24H26N2O5. The van der Waals surface area contributed by atoms with Gasteiger partial charge in [0.2, 0.25) is 12.7 Å². The normalized spacial score (nSPS) is 20.1. The lowest BCUT2D eigenvalue weighted by molar-refractivity contribution is -0.119. The van der Waals surface area contributed by atoms with Crippen molar-refractivity contribution in [3.05, 3.63) is 48.0 Å². The molecule has 0 bridgehead atoms. The number of nitrogens with one attached hydrogen (secondary N) is 1. The largest absolute Gasteiger partial charge is 0.490 e. The predicted octanol–water partition coefficient (Wildman–Crippen LogP) is 3.98. The lowest BCUT2D eigenvalue weighted by atomic mass is 10.1. The van der Waals surface area contributed by atoms with E-state index < -0.39 is 6.04 Å². The third kappa shape index (κ3) is 4.17. The van der Waals surface area contributed by atoms with Crippen molar-refractivity contribution >= 4 is 17.5 Å². The second-order valence-electron chi connectivity index (χ2n) is 8.27. The number of benzene rings is 2. The van der Waals surface area contributed by atoms with Crippen molar-refractivity contribution < 1.29 is 23.8 Å². The molecular weight excluding hydrogens is 396 g/mol. The molecule has 2 fully saturated rings. The smallest absolute Gasteiger partial charge is 0.254 e. The molecule has 0 aromatic heterocycles. The molecule has 1 saturated carbocycles. The Balaban J connectivity index is 1.26. The Bertz CT molecular complexity index is 986. The van der Waals surface area contributed by atoms with E-state index >= 15 is 0 Å². The van der Waals surface area contributed by atoms with E-state index in [2.05, 4.69) is 5.32 Å². The van der Waals surface area contributed by atoms with Gasteiger partial charge in [0.15, 0.2) is 11.5 Å². The molecule has 0 radical (unpaired) electrons. The maximum Gasteiger partial charge on any atom is 0.254 e. The quantitative estimate of drug-likeness (QED) is 0.789. The Hall–Kier alpha value is -3.22. The molecule has 7 heteroatoms. The third-order valence-electron chi connectivity index (χ3n) is 6.14. The van der Waals surface area contributed by atoms with Crippen molar-refractivity contribution in [1.29, 1.82) is 0 Å². The van der Waals surface area contributed by atoms with Crippen LogP contribution in [0.3, 0.4) is 0 Å². The maximum atomic E-state index is 13.1. The van der Waals surface area contributed by atoms with E-state index in [0.717, 1.165) is 25.0 Å². The van der Waals surface area contributed by atoms with Crippen LogP contribution in [0.15, 0.2) is 42.5 Å². The van der Waals surface area contributed by atoms with Gasteiger partial charge in [0.1, 0.15) is 11.8 Å². The lowest BCUT2D eigenvalue weighted by Crippen LogP contribution is -2.43. The number of hydrogen-bond donors (Lipinski definition) is 1. The van der Waals surface area contributed by atoms with E-state index in [9.17, 15) is 9.59 Å². The zero-order valence-electron chi connectivity index (χ0n) is 17.3. The number of ether oxygens (including phenoxy) is 3. The minimum Gasteiger partial charge on any atom is -0.490 e. The van der Waals surface area contributed by atoms with Gasteiger partial charge < -0.3 is 24.4 Å². The Morgan fingerprint density at radius 1 is 0.968 bits per heavy atom. The number of hydrogen-bond acceptors (Lipinski definition) is 5. The highest BCUT2D eigenvalue weighted by Gasteiger charge is 2.35. The zero-order valence-corrected chi connectivity index (χ0v) is 17.3. The van der Waals surface area contributed by atoms with Crippen molar-refractivity contribution in [2.75, 3.05) is 18.7 Å². The summed E-state index contributed by atoms with van der Waals surface area (Å²) in [6.45, 7) is 0.710. The first-order valence-corrected chi connectivity index (χ1v) is 11.0. The molecule has 162 valence electrons. The average molecular weight is 422 g/mol. The van der Waals surface area contributed by atoms with Crippen LogP contribution in [0.2, 0.25) is 0 Å². The molecule has 31 heavy (non-hydrogen) atoms. The van der Waals surface area contributed by atoms with Crippen molar-refractivity contribution in [2.24, 2.45) is 0 Å². The lowest BCUT2D eigenvalue weighted by Gasteiger charge is -2.24. The van der Waals surface area contributed by atoms with Gasteiger partial charge in [-0.1, -0.05) is 6.07 Å². The third-order valence-corrected chi connectivity index (χ3v) is 6.14. The number of nitrogens with zero attached hydrogens (tertiary/aromatic N) is 1. The topological polar surface area (TPSA) is 77.1 Å². The van der Waals surface area contributed by atoms with E-state index in [1.54, 1.807) is 23.1 Å². The molecule has 2 amide bonds. The first kappa shape index (κ1) is 19.7. The second-order valence-corrected chi connectivity index (χ2v) is 8.27. The minimum absolute atomic E-state index is 0.158. The van der Waals surface area contributed by atoms with Gasteiger partial charge in [-0.05, 0) is 68.9 Å². The molecule has 2 aromatic carbocycles. The molecule has 1 N–H and O–H groups in total. The van der Waals surface area contributed by atoms with Gasteiger partial charge in [0.25, 0.3) is 5.91 Å². The van der Waals surface area contributed by atoms with Crippen LogP contribution in [-0.4, -0.2) is 42.2 Å². The van der Waals surface area contributed by atoms with Crippen LogP contribution in [0.4, 0.5) is 5.69 Å². The molecule has 1 aliphatic carbocycles. The van der Waals surface area contributed by atoms with Gasteiger partial charge in [-0.3, -0.25) is 9.59 Å². The van der Waals surface area contributed by atoms with Gasteiger partial charge in [0, 0.05) is 23.9 Å². The van der Waals surface area contributed by atoms with Gasteiger partial charge in [0.05, 0.1) is 6.10 Å². The highest BCUT2D eigenvalue weighted by atomic mass is 16.7. The second kappa shape index (κ2) is 8.49. The Morgan fingerprint density at radius 2 is 1.81 bits per heavy atom. The van der Waals surface area contributed by atoms with E-state index in [0.29, 0.717) is 35.7 Å². The maximum absolute atomic E-state index is 13.1. The van der Waals surface area contributed by atoms with Crippen LogP contribution >= 0.6 is 0 Å². The van der Waals surface area contributed by atoms with Crippen LogP contribution < -0.4 is 19.5 Å². The van der Waals surface area contributed by atoms with Crippen molar-refractivity contribution in [3.8, 4) is 17.2 Å². The monoisotopic (exact) mass is 422 g/mol. The summed E-state index contributed by atoms with van der Waals surface area (Å²) >= 11 is 0. The van der Waals surface area contributed by atoms with Crippen LogP contribution in [0.1, 0.15) is 48.9 Å². The van der Waals surface area contributed by atoms with E-state index in [4.69, 9.17) is 14.2 Å². The molecule has 5 rings (SSSR count). The molecule has 1 atom stereocenters. The Labute approximate surface area is 181 Å². The molecule has 7 nitrogen and oxygen atoms in total. The fraction of sp³-hybridized carbons (Fsp3) is 0.417. The fourth-order valence-corrected chi connectivity index (χ4v) is 4.55. The molecule has 1 saturated heterocycles. The van der Waals surface area contributed by atoms with Crippen molar-refractivity contribution in [3.63, 3.8) is 0 Å². The number of fused-ring (bicyclic) bond motifs is 1. The molecule has 2 heterocycles. The number of carbonyl (C=O) groups is 2. The number of rotatable bonds is 5. The predicted molar refractivity (Wildman–Crippen MR) is 115 cm³/mol. The number of anilines is 1. The van der Waals surface area contributed by atoms with Gasteiger partial charge in [-0.25, -0.2) is 0 Å². The van der Waals surface area contributed by atoms with Gasteiger partial charge >= 0.3 is 0 Å². The standard InChI is InChI=1S/C24H26N2O5/c27-23(25-17-5-3-8-19(14-17)31-18-6-1-2-7-18)20-9-4-12-26(20)24(28)16-10-11-21-22(13-16)30-15-29-21/h3,5,8,10-11,13-14,18,20H,1-2,4,6-7,9,12,15H2,(H,25,27)/t20-/m1/s1. The van der Waals surface area contributed by atoms with Crippen molar-refractivity contribution in [1.82, 2.24) is 4.90 Å². The molecule has 2 aromatic rings. The highest BCUT2D eigenvalue weighted by molar-refractivity contribution is 6.02. The summed E-state index contributed by atoms with van der Waals surface area (Å²) in [5.41, 5.74) is 1.18. The van der Waals surface area contributed by atoms with Crippen LogP contribution in [0, 0.1) is 0 Å². The molecule has 2 aliphatic heterocycles. The first-order chi connectivity index (χ1) is 15.2. The van der Waals surface area contributed by atoms with Gasteiger partial charge in [-0.15, -0.1) is 0 Å². The van der Waals surface area contributed by atoms with Crippen LogP contribution in [0.25, 0.3) is 0 Å². The minimum atomic E-state index is -0.502. The first-order valence-electron chi connectivity index (χ1n) is 11.0. The number of amides is 2. The van der Waals surface area contributed by atoms with E-state index in [1.165, 1.54) is 12.8 Å².